The van der Waals surface area contributed by atoms with Crippen molar-refractivity contribution in [2.24, 2.45) is 0 Å². The molecule has 0 atom stereocenters. The van der Waals surface area contributed by atoms with Crippen molar-refractivity contribution in [3.05, 3.63) is 76.0 Å². The Bertz CT molecular complexity index is 1040. The van der Waals surface area contributed by atoms with Gasteiger partial charge in [0.1, 0.15) is 12.4 Å². The third-order valence-corrected chi connectivity index (χ3v) is 5.41. The molecule has 0 amide bonds. The second kappa shape index (κ2) is 9.24. The Balaban J connectivity index is 2.08. The van der Waals surface area contributed by atoms with E-state index < -0.39 is 11.6 Å². The van der Waals surface area contributed by atoms with E-state index in [-0.39, 0.29) is 12.4 Å². The van der Waals surface area contributed by atoms with Crippen molar-refractivity contribution in [2.45, 2.75) is 47.1 Å². The molecule has 0 N–H and O–H groups in total. The Morgan fingerprint density at radius 1 is 0.933 bits per heavy atom. The number of nitrogens with zero attached hydrogens (tertiary/aromatic N) is 1. The molecule has 0 radical (unpaired) electrons. The summed E-state index contributed by atoms with van der Waals surface area (Å²) in [4.78, 5) is 4.89. The highest BCUT2D eigenvalue weighted by Gasteiger charge is 2.21. The van der Waals surface area contributed by atoms with Gasteiger partial charge >= 0.3 is 0 Å². The van der Waals surface area contributed by atoms with Gasteiger partial charge in [0.15, 0.2) is 11.6 Å². The van der Waals surface area contributed by atoms with Gasteiger partial charge in [0.25, 0.3) is 0 Å². The first-order chi connectivity index (χ1) is 14.4. The Morgan fingerprint density at radius 3 is 2.17 bits per heavy atom. The van der Waals surface area contributed by atoms with Gasteiger partial charge in [-0.15, -0.1) is 0 Å². The molecule has 3 rings (SSSR count). The van der Waals surface area contributed by atoms with Gasteiger partial charge in [0.05, 0.1) is 18.4 Å². The van der Waals surface area contributed by atoms with E-state index in [1.807, 2.05) is 13.8 Å². The molecule has 5 heteroatoms. The fraction of sp³-hybridized carbons (Fsp3) is 0.320. The van der Waals surface area contributed by atoms with Crippen LogP contribution >= 0.6 is 0 Å². The van der Waals surface area contributed by atoms with Crippen molar-refractivity contribution in [2.75, 3.05) is 7.11 Å². The van der Waals surface area contributed by atoms with E-state index in [2.05, 4.69) is 32.0 Å². The zero-order valence-electron chi connectivity index (χ0n) is 18.1. The molecule has 1 aromatic heterocycles. The smallest absolute Gasteiger partial charge is 0.200 e. The van der Waals surface area contributed by atoms with Crippen LogP contribution in [0.25, 0.3) is 11.3 Å². The SMILES string of the molecule is CCc1cccc(CC)c1-c1nc(C)c(COc2cccc(F)c2F)c(OC)c1C. The predicted molar refractivity (Wildman–Crippen MR) is 115 cm³/mol. The van der Waals surface area contributed by atoms with Gasteiger partial charge in [0.2, 0.25) is 5.82 Å². The van der Waals surface area contributed by atoms with Crippen molar-refractivity contribution in [3.8, 4) is 22.8 Å². The van der Waals surface area contributed by atoms with Crippen LogP contribution in [0.15, 0.2) is 36.4 Å². The summed E-state index contributed by atoms with van der Waals surface area (Å²) in [7, 11) is 1.60. The second-order valence-corrected chi connectivity index (χ2v) is 7.18. The minimum absolute atomic E-state index is 0.0273. The molecule has 158 valence electrons. The highest BCUT2D eigenvalue weighted by atomic mass is 19.2. The second-order valence-electron chi connectivity index (χ2n) is 7.18. The molecular weight excluding hydrogens is 384 g/mol. The van der Waals surface area contributed by atoms with Gasteiger partial charge in [-0.1, -0.05) is 38.1 Å². The van der Waals surface area contributed by atoms with Gasteiger partial charge in [-0.05, 0) is 49.9 Å². The topological polar surface area (TPSA) is 31.4 Å². The number of hydrogen-bond acceptors (Lipinski definition) is 3. The van der Waals surface area contributed by atoms with Crippen LogP contribution in [0.3, 0.4) is 0 Å². The third kappa shape index (κ3) is 4.02. The third-order valence-electron chi connectivity index (χ3n) is 5.41. The lowest BCUT2D eigenvalue weighted by molar-refractivity contribution is 0.276. The summed E-state index contributed by atoms with van der Waals surface area (Å²) < 4.78 is 38.8. The molecule has 3 aromatic rings. The minimum Gasteiger partial charge on any atom is -0.496 e. The highest BCUT2D eigenvalue weighted by molar-refractivity contribution is 5.73. The Morgan fingerprint density at radius 2 is 1.57 bits per heavy atom. The molecule has 1 heterocycles. The predicted octanol–water partition coefficient (Wildman–Crippen LogP) is 6.36. The first-order valence-corrected chi connectivity index (χ1v) is 10.1. The number of halogens is 2. The van der Waals surface area contributed by atoms with Crippen LogP contribution in [0.4, 0.5) is 8.78 Å². The number of methoxy groups -OCH3 is 1. The summed E-state index contributed by atoms with van der Waals surface area (Å²) in [6.45, 7) is 8.14. The number of benzene rings is 2. The summed E-state index contributed by atoms with van der Waals surface area (Å²) in [5.74, 6) is -1.42. The van der Waals surface area contributed by atoms with Crippen LogP contribution in [0.1, 0.15) is 41.8 Å². The Kier molecular flexibility index (Phi) is 6.70. The lowest BCUT2D eigenvalue weighted by atomic mass is 9.91. The van der Waals surface area contributed by atoms with Crippen molar-refractivity contribution in [1.82, 2.24) is 4.98 Å². The first-order valence-electron chi connectivity index (χ1n) is 10.1. The van der Waals surface area contributed by atoms with Crippen molar-refractivity contribution >= 4 is 0 Å². The van der Waals surface area contributed by atoms with E-state index in [0.29, 0.717) is 5.75 Å². The summed E-state index contributed by atoms with van der Waals surface area (Å²) in [5.41, 5.74) is 6.85. The molecule has 0 fully saturated rings. The van der Waals surface area contributed by atoms with Crippen LogP contribution in [-0.2, 0) is 19.4 Å². The summed E-state index contributed by atoms with van der Waals surface area (Å²) in [5, 5.41) is 0. The molecule has 0 saturated heterocycles. The zero-order valence-corrected chi connectivity index (χ0v) is 18.1. The summed E-state index contributed by atoms with van der Waals surface area (Å²) in [6.07, 6.45) is 1.80. The van der Waals surface area contributed by atoms with Crippen LogP contribution in [-0.4, -0.2) is 12.1 Å². The van der Waals surface area contributed by atoms with Crippen molar-refractivity contribution in [3.63, 3.8) is 0 Å². The molecule has 2 aromatic carbocycles. The molecule has 0 bridgehead atoms. The zero-order chi connectivity index (χ0) is 21.8. The maximum absolute atomic E-state index is 14.0. The largest absolute Gasteiger partial charge is 0.496 e. The van der Waals surface area contributed by atoms with Gasteiger partial charge in [-0.3, -0.25) is 4.98 Å². The standard InChI is InChI=1S/C25H27F2NO2/c1-6-17-10-8-11-18(7-2)22(17)24-15(3)25(29-5)19(16(4)28-24)14-30-21-13-9-12-20(26)23(21)27/h8-13H,6-7,14H2,1-5H3. The first kappa shape index (κ1) is 21.8. The Hall–Kier alpha value is -2.95. The van der Waals surface area contributed by atoms with Crippen LogP contribution in [0.2, 0.25) is 0 Å². The molecule has 0 unspecified atom stereocenters. The fourth-order valence-corrected chi connectivity index (χ4v) is 3.80. The van der Waals surface area contributed by atoms with Gasteiger partial charge in [0, 0.05) is 16.8 Å². The van der Waals surface area contributed by atoms with Gasteiger partial charge in [-0.25, -0.2) is 4.39 Å². The number of pyridine rings is 1. The van der Waals surface area contributed by atoms with E-state index >= 15 is 0 Å². The van der Waals surface area contributed by atoms with E-state index in [1.54, 1.807) is 7.11 Å². The van der Waals surface area contributed by atoms with Gasteiger partial charge in [-0.2, -0.15) is 4.39 Å². The van der Waals surface area contributed by atoms with Crippen LogP contribution < -0.4 is 9.47 Å². The van der Waals surface area contributed by atoms with Crippen molar-refractivity contribution in [1.29, 1.82) is 0 Å². The molecule has 0 spiro atoms. The van der Waals surface area contributed by atoms with E-state index in [9.17, 15) is 8.78 Å². The number of hydrogen-bond donors (Lipinski definition) is 0. The number of aryl methyl sites for hydroxylation is 3. The van der Waals surface area contributed by atoms with Crippen LogP contribution in [0.5, 0.6) is 11.5 Å². The van der Waals surface area contributed by atoms with Crippen LogP contribution in [0, 0.1) is 25.5 Å². The molecule has 0 saturated carbocycles. The summed E-state index contributed by atoms with van der Waals surface area (Å²) >= 11 is 0. The van der Waals surface area contributed by atoms with Gasteiger partial charge < -0.3 is 9.47 Å². The normalized spacial score (nSPS) is 10.9. The molecule has 0 aliphatic rings. The lowest BCUT2D eigenvalue weighted by Crippen LogP contribution is -2.09. The number of aromatic nitrogens is 1. The lowest BCUT2D eigenvalue weighted by Gasteiger charge is -2.20. The highest BCUT2D eigenvalue weighted by Crippen LogP contribution is 2.37. The maximum Gasteiger partial charge on any atom is 0.200 e. The van der Waals surface area contributed by atoms with E-state index in [0.717, 1.165) is 47.0 Å². The quantitative estimate of drug-likeness (QED) is 0.454. The number of rotatable bonds is 7. The number of ether oxygens (including phenoxy) is 2. The summed E-state index contributed by atoms with van der Waals surface area (Å²) in [6, 6.07) is 10.2. The molecule has 0 aliphatic carbocycles. The fourth-order valence-electron chi connectivity index (χ4n) is 3.80. The van der Waals surface area contributed by atoms with Crippen molar-refractivity contribution < 1.29 is 18.3 Å². The maximum atomic E-state index is 14.0. The molecular formula is C25H27F2NO2. The molecule has 3 nitrogen and oxygen atoms in total. The average Bonchev–Trinajstić information content (AvgIpc) is 2.75. The van der Waals surface area contributed by atoms with E-state index in [4.69, 9.17) is 14.5 Å². The Labute approximate surface area is 176 Å². The minimum atomic E-state index is -1.00. The monoisotopic (exact) mass is 411 g/mol. The average molecular weight is 411 g/mol. The molecule has 30 heavy (non-hydrogen) atoms. The molecule has 0 aliphatic heterocycles. The van der Waals surface area contributed by atoms with E-state index in [1.165, 1.54) is 23.3 Å².